The van der Waals surface area contributed by atoms with Gasteiger partial charge in [0.05, 0.1) is 0 Å². The number of hydrogen-bond acceptors (Lipinski definition) is 0. The van der Waals surface area contributed by atoms with E-state index in [0.717, 1.165) is 18.4 Å². The summed E-state index contributed by atoms with van der Waals surface area (Å²) in [5.41, 5.74) is 1.05. The molecule has 0 spiro atoms. The van der Waals surface area contributed by atoms with Crippen molar-refractivity contribution in [3.8, 4) is 0 Å². The fourth-order valence-electron chi connectivity index (χ4n) is 0.719. The molecule has 12 heavy (non-hydrogen) atoms. The Balaban J connectivity index is 3.75. The summed E-state index contributed by atoms with van der Waals surface area (Å²) in [5.74, 6) is 0. The summed E-state index contributed by atoms with van der Waals surface area (Å²) in [4.78, 5) is 0. The third-order valence-electron chi connectivity index (χ3n) is 1.36. The van der Waals surface area contributed by atoms with Gasteiger partial charge in [-0.15, -0.1) is 0 Å². The molecule has 0 aliphatic rings. The molecule has 0 bridgehead atoms. The van der Waals surface area contributed by atoms with Crippen LogP contribution >= 0.6 is 0 Å². The maximum absolute atomic E-state index is 3.88. The van der Waals surface area contributed by atoms with E-state index in [0.29, 0.717) is 0 Å². The van der Waals surface area contributed by atoms with Crippen molar-refractivity contribution in [1.29, 1.82) is 0 Å². The molecule has 0 saturated carbocycles. The zero-order valence-electron chi connectivity index (χ0n) is 8.09. The molecular formula is C12H18. The number of hydrogen-bond donors (Lipinski definition) is 0. The van der Waals surface area contributed by atoms with Crippen molar-refractivity contribution >= 4 is 0 Å². The van der Waals surface area contributed by atoms with Gasteiger partial charge in [0.15, 0.2) is 0 Å². The quantitative estimate of drug-likeness (QED) is 0.535. The van der Waals surface area contributed by atoms with E-state index < -0.39 is 0 Å². The Hall–Kier alpha value is -1.04. The Bertz CT molecular complexity index is 192. The number of allylic oxidation sites excluding steroid dienone is 7. The Kier molecular flexibility index (Phi) is 7.36. The molecule has 0 fully saturated rings. The van der Waals surface area contributed by atoms with Gasteiger partial charge in [0, 0.05) is 0 Å². The van der Waals surface area contributed by atoms with Crippen molar-refractivity contribution in [3.63, 3.8) is 0 Å². The van der Waals surface area contributed by atoms with Gasteiger partial charge in [-0.1, -0.05) is 56.9 Å². The first-order valence-corrected chi connectivity index (χ1v) is 4.49. The highest BCUT2D eigenvalue weighted by Crippen LogP contribution is 1.96. The lowest BCUT2D eigenvalue weighted by molar-refractivity contribution is 1.22. The first kappa shape index (κ1) is 11.0. The van der Waals surface area contributed by atoms with Crippen molar-refractivity contribution in [2.45, 2.75) is 26.7 Å². The molecule has 0 radical (unpaired) electrons. The molecule has 0 unspecified atom stereocenters. The monoisotopic (exact) mass is 162 g/mol. The summed E-state index contributed by atoms with van der Waals surface area (Å²) in [6, 6.07) is 0. The highest BCUT2D eigenvalue weighted by atomic mass is 13.8. The molecule has 0 aromatic heterocycles. The van der Waals surface area contributed by atoms with E-state index in [4.69, 9.17) is 0 Å². The fourth-order valence-corrected chi connectivity index (χ4v) is 0.719. The molecule has 66 valence electrons. The van der Waals surface area contributed by atoms with Crippen LogP contribution in [0.2, 0.25) is 0 Å². The van der Waals surface area contributed by atoms with Crippen molar-refractivity contribution in [3.05, 3.63) is 48.6 Å². The minimum Gasteiger partial charge on any atom is -0.0918 e. The maximum Gasteiger partial charge on any atom is -0.0332 e. The van der Waals surface area contributed by atoms with Crippen LogP contribution < -0.4 is 0 Å². The summed E-state index contributed by atoms with van der Waals surface area (Å²) in [6.45, 7) is 8.12. The normalized spacial score (nSPS) is 12.2. The molecule has 0 heterocycles. The van der Waals surface area contributed by atoms with Crippen molar-refractivity contribution in [2.24, 2.45) is 0 Å². The first-order valence-electron chi connectivity index (χ1n) is 4.49. The van der Waals surface area contributed by atoms with Gasteiger partial charge in [-0.3, -0.25) is 0 Å². The Morgan fingerprint density at radius 2 is 1.67 bits per heavy atom. The molecule has 0 aliphatic carbocycles. The zero-order chi connectivity index (χ0) is 9.23. The van der Waals surface area contributed by atoms with E-state index in [9.17, 15) is 0 Å². The Morgan fingerprint density at radius 3 is 2.25 bits per heavy atom. The second-order valence-electron chi connectivity index (χ2n) is 2.58. The summed E-state index contributed by atoms with van der Waals surface area (Å²) < 4.78 is 0. The van der Waals surface area contributed by atoms with E-state index >= 15 is 0 Å². The molecule has 0 aromatic carbocycles. The van der Waals surface area contributed by atoms with Gasteiger partial charge in [-0.05, 0) is 18.4 Å². The third kappa shape index (κ3) is 7.07. The van der Waals surface area contributed by atoms with E-state index in [1.165, 1.54) is 0 Å². The predicted molar refractivity (Wildman–Crippen MR) is 57.1 cm³/mol. The fraction of sp³-hybridized carbons (Fsp3) is 0.333. The van der Waals surface area contributed by atoms with Gasteiger partial charge >= 0.3 is 0 Å². The Labute approximate surface area is 76.0 Å². The predicted octanol–water partition coefficient (Wildman–Crippen LogP) is 4.03. The topological polar surface area (TPSA) is 0 Å². The van der Waals surface area contributed by atoms with Crippen LogP contribution in [-0.4, -0.2) is 0 Å². The zero-order valence-corrected chi connectivity index (χ0v) is 8.09. The summed E-state index contributed by atoms with van der Waals surface area (Å²) in [5, 5.41) is 0. The molecule has 0 rings (SSSR count). The molecule has 0 saturated heterocycles. The van der Waals surface area contributed by atoms with Crippen LogP contribution in [-0.2, 0) is 0 Å². The summed E-state index contributed by atoms with van der Waals surface area (Å²) in [6.07, 6.45) is 14.5. The standard InChI is InChI=1S/C12H18/c1-4-6-8-9-11-12(3)10-7-5-2/h6-11H,3-5H2,1-2H3/b8-6-,10-7-,11-9-. The molecule has 0 N–H and O–H groups in total. The van der Waals surface area contributed by atoms with E-state index in [2.05, 4.69) is 32.6 Å². The van der Waals surface area contributed by atoms with Crippen molar-refractivity contribution in [1.82, 2.24) is 0 Å². The highest BCUT2D eigenvalue weighted by Gasteiger charge is 1.75. The first-order chi connectivity index (χ1) is 5.81. The van der Waals surface area contributed by atoms with Crippen LogP contribution in [0.25, 0.3) is 0 Å². The van der Waals surface area contributed by atoms with Gasteiger partial charge < -0.3 is 0 Å². The van der Waals surface area contributed by atoms with Crippen molar-refractivity contribution in [2.75, 3.05) is 0 Å². The number of rotatable bonds is 5. The maximum atomic E-state index is 3.88. The molecule has 0 atom stereocenters. The van der Waals surface area contributed by atoms with E-state index in [1.54, 1.807) is 0 Å². The molecule has 0 heteroatoms. The van der Waals surface area contributed by atoms with Gasteiger partial charge in [0.25, 0.3) is 0 Å². The largest absolute Gasteiger partial charge is 0.0918 e. The SMILES string of the molecule is C=C(/C=C\C=C/CC)/C=C\CC. The second kappa shape index (κ2) is 8.06. The lowest BCUT2D eigenvalue weighted by atomic mass is 10.2. The van der Waals surface area contributed by atoms with E-state index in [-0.39, 0.29) is 0 Å². The van der Waals surface area contributed by atoms with Crippen LogP contribution in [0, 0.1) is 0 Å². The van der Waals surface area contributed by atoms with E-state index in [1.807, 2.05) is 24.3 Å². The lowest BCUT2D eigenvalue weighted by Crippen LogP contribution is -1.65. The smallest absolute Gasteiger partial charge is 0.0332 e. The molecular weight excluding hydrogens is 144 g/mol. The summed E-state index contributed by atoms with van der Waals surface area (Å²) >= 11 is 0. The van der Waals surface area contributed by atoms with Crippen molar-refractivity contribution < 1.29 is 0 Å². The lowest BCUT2D eigenvalue weighted by Gasteiger charge is -1.86. The van der Waals surface area contributed by atoms with Gasteiger partial charge in [-0.2, -0.15) is 0 Å². The van der Waals surface area contributed by atoms with Crippen LogP contribution in [0.15, 0.2) is 48.6 Å². The van der Waals surface area contributed by atoms with Crippen LogP contribution in [0.1, 0.15) is 26.7 Å². The minimum absolute atomic E-state index is 1.05. The highest BCUT2D eigenvalue weighted by molar-refractivity contribution is 5.29. The van der Waals surface area contributed by atoms with Gasteiger partial charge in [0.2, 0.25) is 0 Å². The average molecular weight is 162 g/mol. The van der Waals surface area contributed by atoms with Crippen LogP contribution in [0.4, 0.5) is 0 Å². The second-order valence-corrected chi connectivity index (χ2v) is 2.58. The van der Waals surface area contributed by atoms with Gasteiger partial charge in [-0.25, -0.2) is 0 Å². The third-order valence-corrected chi connectivity index (χ3v) is 1.36. The summed E-state index contributed by atoms with van der Waals surface area (Å²) in [7, 11) is 0. The Morgan fingerprint density at radius 1 is 1.00 bits per heavy atom. The minimum atomic E-state index is 1.05. The molecule has 0 aliphatic heterocycles. The van der Waals surface area contributed by atoms with Crippen LogP contribution in [0.3, 0.4) is 0 Å². The van der Waals surface area contributed by atoms with Gasteiger partial charge in [0.1, 0.15) is 0 Å². The average Bonchev–Trinajstić information content (AvgIpc) is 2.09. The molecule has 0 nitrogen and oxygen atoms in total. The molecule has 0 amide bonds. The van der Waals surface area contributed by atoms with Crippen LogP contribution in [0.5, 0.6) is 0 Å². The molecule has 0 aromatic rings.